The maximum Gasteiger partial charge on any atom is 0.508 e. The summed E-state index contributed by atoms with van der Waals surface area (Å²) in [6, 6.07) is 0. The van der Waals surface area contributed by atoms with Crippen LogP contribution in [0, 0.1) is 11.3 Å². The van der Waals surface area contributed by atoms with Gasteiger partial charge in [-0.1, -0.05) is 169 Å². The van der Waals surface area contributed by atoms with Crippen LogP contribution < -0.4 is 5.32 Å². The minimum Gasteiger partial charge on any atom is -0.466 e. The van der Waals surface area contributed by atoms with Crippen molar-refractivity contribution in [1.82, 2.24) is 5.32 Å². The molecular weight excluding hydrogens is 610 g/mol. The van der Waals surface area contributed by atoms with Gasteiger partial charge in [-0.15, -0.1) is 0 Å². The topological polar surface area (TPSA) is 73.9 Å². The number of carbonyl (C=O) groups excluding carboxylic acids is 2. The molecule has 0 spiro atoms. The van der Waals surface area contributed by atoms with Crippen molar-refractivity contribution < 1.29 is 23.8 Å². The average Bonchev–Trinajstić information content (AvgIpc) is 3.08. The van der Waals surface area contributed by atoms with Gasteiger partial charge in [0.05, 0.1) is 13.2 Å². The molecule has 0 aliphatic rings. The summed E-state index contributed by atoms with van der Waals surface area (Å²) < 4.78 is 16.3. The van der Waals surface area contributed by atoms with Crippen LogP contribution in [0.2, 0.25) is 0 Å². The quantitative estimate of drug-likeness (QED) is 0.0512. The largest absolute Gasteiger partial charge is 0.508 e. The van der Waals surface area contributed by atoms with Gasteiger partial charge < -0.3 is 19.5 Å². The zero-order chi connectivity index (χ0) is 36.1. The first-order chi connectivity index (χ1) is 23.8. The lowest BCUT2D eigenvalue weighted by molar-refractivity contribution is -0.145. The minimum absolute atomic E-state index is 0.0241. The van der Waals surface area contributed by atoms with Gasteiger partial charge in [-0.3, -0.25) is 4.79 Å². The van der Waals surface area contributed by atoms with Gasteiger partial charge in [-0.2, -0.15) is 0 Å². The Morgan fingerprint density at radius 3 is 1.47 bits per heavy atom. The van der Waals surface area contributed by atoms with Crippen molar-refractivity contribution in [3.8, 4) is 0 Å². The van der Waals surface area contributed by atoms with Crippen LogP contribution >= 0.6 is 0 Å². The Morgan fingerprint density at radius 1 is 0.510 bits per heavy atom. The SMILES string of the molecule is CCCCCCCCOC(=O)OCC(C)(C)CCCCCNCCCCCCOC(=O)CC(CCCCCCCC)CCCCCCCC. The fourth-order valence-corrected chi connectivity index (χ4v) is 6.52. The van der Waals surface area contributed by atoms with E-state index in [4.69, 9.17) is 14.2 Å². The number of nitrogens with one attached hydrogen (secondary N) is 1. The normalized spacial score (nSPS) is 11.7. The number of rotatable bonds is 38. The Kier molecular flexibility index (Phi) is 35.5. The fraction of sp³-hybridized carbons (Fsp3) is 0.953. The van der Waals surface area contributed by atoms with E-state index in [1.54, 1.807) is 0 Å². The van der Waals surface area contributed by atoms with Crippen LogP contribution in [-0.2, 0) is 19.0 Å². The second-order valence-corrected chi connectivity index (χ2v) is 15.7. The molecule has 1 N–H and O–H groups in total. The number of ether oxygens (including phenoxy) is 3. The van der Waals surface area contributed by atoms with Gasteiger partial charge in [-0.05, 0) is 69.4 Å². The lowest BCUT2D eigenvalue weighted by Gasteiger charge is -2.23. The molecule has 0 aliphatic heterocycles. The van der Waals surface area contributed by atoms with Crippen molar-refractivity contribution >= 4 is 12.1 Å². The van der Waals surface area contributed by atoms with E-state index in [0.717, 1.165) is 51.6 Å². The summed E-state index contributed by atoms with van der Waals surface area (Å²) in [6.45, 7) is 14.7. The van der Waals surface area contributed by atoms with Crippen molar-refractivity contribution in [3.05, 3.63) is 0 Å². The standard InChI is InChI=1S/C43H85NO5/c1-6-9-12-15-18-24-31-40(32-25-19-16-13-10-7-2)38-41(45)47-36-29-22-20-27-34-44-35-28-23-26-33-43(4,5)39-49-42(46)48-37-30-21-17-14-11-8-3/h40,44H,6-39H2,1-5H3. The second kappa shape index (κ2) is 36.5. The summed E-state index contributed by atoms with van der Waals surface area (Å²) >= 11 is 0. The van der Waals surface area contributed by atoms with Crippen LogP contribution in [0.3, 0.4) is 0 Å². The number of hydrogen-bond donors (Lipinski definition) is 1. The highest BCUT2D eigenvalue weighted by Gasteiger charge is 2.20. The predicted octanol–water partition coefficient (Wildman–Crippen LogP) is 13.3. The molecule has 0 rings (SSSR count). The average molecular weight is 696 g/mol. The summed E-state index contributed by atoms with van der Waals surface area (Å²) in [5.74, 6) is 0.535. The van der Waals surface area contributed by atoms with E-state index in [1.165, 1.54) is 141 Å². The maximum absolute atomic E-state index is 12.6. The summed E-state index contributed by atoms with van der Waals surface area (Å²) in [7, 11) is 0. The molecule has 0 saturated heterocycles. The molecule has 49 heavy (non-hydrogen) atoms. The number of hydrogen-bond acceptors (Lipinski definition) is 6. The molecule has 0 atom stereocenters. The van der Waals surface area contributed by atoms with E-state index in [0.29, 0.717) is 32.2 Å². The molecule has 0 unspecified atom stereocenters. The summed E-state index contributed by atoms with van der Waals surface area (Å²) in [5, 5.41) is 3.58. The molecule has 0 aromatic rings. The van der Waals surface area contributed by atoms with Crippen LogP contribution in [0.25, 0.3) is 0 Å². The summed E-state index contributed by atoms with van der Waals surface area (Å²) in [5.41, 5.74) is -0.0241. The molecule has 292 valence electrons. The Balaban J connectivity index is 3.79. The van der Waals surface area contributed by atoms with Gasteiger partial charge in [0.15, 0.2) is 0 Å². The highest BCUT2D eigenvalue weighted by atomic mass is 16.7. The van der Waals surface area contributed by atoms with E-state index in [2.05, 4.69) is 39.9 Å². The third kappa shape index (κ3) is 36.3. The van der Waals surface area contributed by atoms with Crippen LogP contribution in [0.1, 0.15) is 221 Å². The molecule has 0 bridgehead atoms. The molecule has 0 fully saturated rings. The molecule has 0 aromatic heterocycles. The van der Waals surface area contributed by atoms with Crippen LogP contribution in [-0.4, -0.2) is 45.0 Å². The van der Waals surface area contributed by atoms with Gasteiger partial charge in [0.25, 0.3) is 0 Å². The zero-order valence-corrected chi connectivity index (χ0v) is 33.7. The highest BCUT2D eigenvalue weighted by Crippen LogP contribution is 2.25. The van der Waals surface area contributed by atoms with Crippen LogP contribution in [0.4, 0.5) is 4.79 Å². The van der Waals surface area contributed by atoms with Gasteiger partial charge >= 0.3 is 12.1 Å². The molecule has 0 heterocycles. The van der Waals surface area contributed by atoms with Crippen molar-refractivity contribution in [1.29, 1.82) is 0 Å². The first-order valence-corrected chi connectivity index (χ1v) is 21.5. The third-order valence-electron chi connectivity index (χ3n) is 9.90. The van der Waals surface area contributed by atoms with E-state index < -0.39 is 6.16 Å². The predicted molar refractivity (Wildman–Crippen MR) is 209 cm³/mol. The fourth-order valence-electron chi connectivity index (χ4n) is 6.52. The summed E-state index contributed by atoms with van der Waals surface area (Å²) in [4.78, 5) is 24.5. The third-order valence-corrected chi connectivity index (χ3v) is 9.90. The van der Waals surface area contributed by atoms with Crippen molar-refractivity contribution in [2.24, 2.45) is 11.3 Å². The van der Waals surface area contributed by atoms with Crippen molar-refractivity contribution in [2.75, 3.05) is 32.9 Å². The zero-order valence-electron chi connectivity index (χ0n) is 33.7. The van der Waals surface area contributed by atoms with E-state index in [9.17, 15) is 9.59 Å². The number of esters is 1. The molecule has 0 aliphatic carbocycles. The Bertz CT molecular complexity index is 696. The van der Waals surface area contributed by atoms with Gasteiger partial charge in [-0.25, -0.2) is 4.79 Å². The van der Waals surface area contributed by atoms with Gasteiger partial charge in [0.1, 0.15) is 6.61 Å². The smallest absolute Gasteiger partial charge is 0.466 e. The molecule has 0 amide bonds. The molecule has 6 nitrogen and oxygen atoms in total. The van der Waals surface area contributed by atoms with Gasteiger partial charge in [0, 0.05) is 6.42 Å². The minimum atomic E-state index is -0.520. The maximum atomic E-state index is 12.6. The molecule has 0 aromatic carbocycles. The van der Waals surface area contributed by atoms with E-state index >= 15 is 0 Å². The Labute approximate surface area is 305 Å². The molecular formula is C43H85NO5. The number of unbranched alkanes of at least 4 members (excludes halogenated alkanes) is 20. The van der Waals surface area contributed by atoms with Crippen molar-refractivity contribution in [3.63, 3.8) is 0 Å². The van der Waals surface area contributed by atoms with E-state index in [-0.39, 0.29) is 11.4 Å². The van der Waals surface area contributed by atoms with E-state index in [1.807, 2.05) is 0 Å². The van der Waals surface area contributed by atoms with Crippen LogP contribution in [0.15, 0.2) is 0 Å². The monoisotopic (exact) mass is 696 g/mol. The first kappa shape index (κ1) is 47.7. The number of carbonyl (C=O) groups is 2. The highest BCUT2D eigenvalue weighted by molar-refractivity contribution is 5.69. The second-order valence-electron chi connectivity index (χ2n) is 15.7. The van der Waals surface area contributed by atoms with Gasteiger partial charge in [0.2, 0.25) is 0 Å². The molecule has 0 radical (unpaired) electrons. The van der Waals surface area contributed by atoms with Crippen LogP contribution in [0.5, 0.6) is 0 Å². The van der Waals surface area contributed by atoms with Crippen molar-refractivity contribution in [2.45, 2.75) is 221 Å². The Hall–Kier alpha value is -1.30. The Morgan fingerprint density at radius 2 is 0.939 bits per heavy atom. The molecule has 0 saturated carbocycles. The lowest BCUT2D eigenvalue weighted by atomic mass is 9.88. The molecule has 6 heteroatoms. The summed E-state index contributed by atoms with van der Waals surface area (Å²) in [6.07, 6.45) is 34.3. The lowest BCUT2D eigenvalue weighted by Crippen LogP contribution is -2.23. The first-order valence-electron chi connectivity index (χ1n) is 21.5.